The van der Waals surface area contributed by atoms with Gasteiger partial charge in [0.25, 0.3) is 0 Å². The molecule has 0 aliphatic rings. The van der Waals surface area contributed by atoms with Crippen molar-refractivity contribution in [3.63, 3.8) is 0 Å². The third-order valence-electron chi connectivity index (χ3n) is 2.36. The molecule has 0 atom stereocenters. The molecule has 6 heteroatoms. The molecule has 0 spiro atoms. The summed E-state index contributed by atoms with van der Waals surface area (Å²) in [6, 6.07) is 5.07. The lowest BCUT2D eigenvalue weighted by molar-refractivity contribution is -0.143. The standard InChI is InChI=1S/C13H15Cl2NO3/c1-2-19-13(18)6-7-16-12(17)8-9-10(14)4-3-5-11(9)15/h3-5H,2,6-8H2,1H3,(H,16,17). The minimum absolute atomic E-state index is 0.0847. The van der Waals surface area contributed by atoms with Crippen LogP contribution in [0.2, 0.25) is 10.0 Å². The van der Waals surface area contributed by atoms with Crippen LogP contribution in [0.1, 0.15) is 18.9 Å². The van der Waals surface area contributed by atoms with Crippen molar-refractivity contribution in [1.82, 2.24) is 5.32 Å². The van der Waals surface area contributed by atoms with Crippen LogP contribution in [0.5, 0.6) is 0 Å². The molecule has 19 heavy (non-hydrogen) atoms. The maximum Gasteiger partial charge on any atom is 0.307 e. The smallest absolute Gasteiger partial charge is 0.307 e. The fourth-order valence-electron chi connectivity index (χ4n) is 1.46. The van der Waals surface area contributed by atoms with Gasteiger partial charge in [0.1, 0.15) is 0 Å². The second-order valence-electron chi connectivity index (χ2n) is 3.78. The van der Waals surface area contributed by atoms with E-state index in [1.165, 1.54) is 0 Å². The van der Waals surface area contributed by atoms with E-state index in [1.807, 2.05) is 0 Å². The number of nitrogens with one attached hydrogen (secondary N) is 1. The molecule has 0 saturated heterocycles. The van der Waals surface area contributed by atoms with Gasteiger partial charge in [-0.1, -0.05) is 29.3 Å². The third-order valence-corrected chi connectivity index (χ3v) is 3.06. The molecule has 1 aromatic rings. The zero-order valence-electron chi connectivity index (χ0n) is 10.5. The highest BCUT2D eigenvalue weighted by molar-refractivity contribution is 6.36. The number of rotatable bonds is 6. The van der Waals surface area contributed by atoms with Crippen LogP contribution >= 0.6 is 23.2 Å². The molecule has 1 rings (SSSR count). The number of hydrogen-bond donors (Lipinski definition) is 1. The van der Waals surface area contributed by atoms with E-state index in [1.54, 1.807) is 25.1 Å². The van der Waals surface area contributed by atoms with Gasteiger partial charge in [0.15, 0.2) is 0 Å². The second kappa shape index (κ2) is 8.02. The van der Waals surface area contributed by atoms with Gasteiger partial charge < -0.3 is 10.1 Å². The van der Waals surface area contributed by atoms with Gasteiger partial charge in [-0.3, -0.25) is 9.59 Å². The Hall–Kier alpha value is -1.26. The first-order chi connectivity index (χ1) is 9.04. The summed E-state index contributed by atoms with van der Waals surface area (Å²) in [5.74, 6) is -0.571. The maximum atomic E-state index is 11.7. The SMILES string of the molecule is CCOC(=O)CCNC(=O)Cc1c(Cl)cccc1Cl. The molecule has 1 N–H and O–H groups in total. The van der Waals surface area contributed by atoms with Gasteiger partial charge in [0.2, 0.25) is 5.91 Å². The summed E-state index contributed by atoms with van der Waals surface area (Å²) in [4.78, 5) is 22.8. The average Bonchev–Trinajstić information content (AvgIpc) is 2.34. The van der Waals surface area contributed by atoms with Crippen molar-refractivity contribution in [1.29, 1.82) is 0 Å². The van der Waals surface area contributed by atoms with Gasteiger partial charge in [-0.25, -0.2) is 0 Å². The number of hydrogen-bond acceptors (Lipinski definition) is 3. The number of amides is 1. The zero-order valence-corrected chi connectivity index (χ0v) is 12.1. The van der Waals surface area contributed by atoms with Crippen molar-refractivity contribution in [2.45, 2.75) is 19.8 Å². The molecule has 0 saturated carbocycles. The largest absolute Gasteiger partial charge is 0.466 e. The van der Waals surface area contributed by atoms with Crippen molar-refractivity contribution in [3.8, 4) is 0 Å². The molecule has 1 aromatic carbocycles. The Labute approximate surface area is 122 Å². The van der Waals surface area contributed by atoms with E-state index >= 15 is 0 Å². The highest BCUT2D eigenvalue weighted by Gasteiger charge is 2.11. The van der Waals surface area contributed by atoms with Crippen LogP contribution in [0.25, 0.3) is 0 Å². The molecular formula is C13H15Cl2NO3. The number of esters is 1. The molecule has 0 bridgehead atoms. The number of ether oxygens (including phenoxy) is 1. The predicted octanol–water partition coefficient (Wildman–Crippen LogP) is 2.61. The van der Waals surface area contributed by atoms with Gasteiger partial charge in [-0.15, -0.1) is 0 Å². The molecule has 104 valence electrons. The monoisotopic (exact) mass is 303 g/mol. The summed E-state index contributed by atoms with van der Waals surface area (Å²) >= 11 is 11.9. The van der Waals surface area contributed by atoms with Crippen molar-refractivity contribution >= 4 is 35.1 Å². The predicted molar refractivity (Wildman–Crippen MR) is 74.4 cm³/mol. The first-order valence-corrected chi connectivity index (χ1v) is 6.65. The molecule has 1 amide bonds. The van der Waals surface area contributed by atoms with E-state index in [-0.39, 0.29) is 31.3 Å². The quantitative estimate of drug-likeness (QED) is 0.822. The topological polar surface area (TPSA) is 55.4 Å². The van der Waals surface area contributed by atoms with E-state index in [9.17, 15) is 9.59 Å². The van der Waals surface area contributed by atoms with Crippen molar-refractivity contribution in [3.05, 3.63) is 33.8 Å². The average molecular weight is 304 g/mol. The Balaban J connectivity index is 2.41. The van der Waals surface area contributed by atoms with Crippen LogP contribution in [0.15, 0.2) is 18.2 Å². The number of halogens is 2. The Morgan fingerprint density at radius 2 is 1.89 bits per heavy atom. The Kier molecular flexibility index (Phi) is 6.67. The van der Waals surface area contributed by atoms with E-state index < -0.39 is 0 Å². The summed E-state index contributed by atoms with van der Waals surface area (Å²) < 4.78 is 4.75. The van der Waals surface area contributed by atoms with Crippen LogP contribution in [0.3, 0.4) is 0 Å². The fraction of sp³-hybridized carbons (Fsp3) is 0.385. The Bertz CT molecular complexity index is 443. The number of carbonyl (C=O) groups is 2. The van der Waals surface area contributed by atoms with Gasteiger partial charge in [-0.2, -0.15) is 0 Å². The lowest BCUT2D eigenvalue weighted by atomic mass is 10.1. The molecule has 0 aliphatic heterocycles. The van der Waals surface area contributed by atoms with E-state index in [2.05, 4.69) is 5.32 Å². The minimum Gasteiger partial charge on any atom is -0.466 e. The highest BCUT2D eigenvalue weighted by atomic mass is 35.5. The van der Waals surface area contributed by atoms with Crippen LogP contribution in [-0.2, 0) is 20.7 Å². The highest BCUT2D eigenvalue weighted by Crippen LogP contribution is 2.24. The molecule has 0 fully saturated rings. The van der Waals surface area contributed by atoms with Crippen LogP contribution in [0.4, 0.5) is 0 Å². The van der Waals surface area contributed by atoms with E-state index in [4.69, 9.17) is 27.9 Å². The maximum absolute atomic E-state index is 11.7. The van der Waals surface area contributed by atoms with Gasteiger partial charge in [0.05, 0.1) is 19.4 Å². The first-order valence-electron chi connectivity index (χ1n) is 5.89. The summed E-state index contributed by atoms with van der Waals surface area (Å²) in [5, 5.41) is 3.52. The van der Waals surface area contributed by atoms with Crippen molar-refractivity contribution < 1.29 is 14.3 Å². The second-order valence-corrected chi connectivity index (χ2v) is 4.60. The molecule has 4 nitrogen and oxygen atoms in total. The molecule has 0 heterocycles. The molecular weight excluding hydrogens is 289 g/mol. The zero-order chi connectivity index (χ0) is 14.3. The lowest BCUT2D eigenvalue weighted by Gasteiger charge is -2.08. The number of benzene rings is 1. The van der Waals surface area contributed by atoms with Gasteiger partial charge in [0, 0.05) is 16.6 Å². The van der Waals surface area contributed by atoms with Gasteiger partial charge in [-0.05, 0) is 24.6 Å². The summed E-state index contributed by atoms with van der Waals surface area (Å²) in [5.41, 5.74) is 0.583. The van der Waals surface area contributed by atoms with E-state index in [0.29, 0.717) is 22.2 Å². The molecule has 0 aromatic heterocycles. The lowest BCUT2D eigenvalue weighted by Crippen LogP contribution is -2.28. The van der Waals surface area contributed by atoms with Crippen LogP contribution in [-0.4, -0.2) is 25.0 Å². The van der Waals surface area contributed by atoms with Gasteiger partial charge >= 0.3 is 5.97 Å². The van der Waals surface area contributed by atoms with Crippen LogP contribution in [0, 0.1) is 0 Å². The van der Waals surface area contributed by atoms with Crippen molar-refractivity contribution in [2.75, 3.05) is 13.2 Å². The fourth-order valence-corrected chi connectivity index (χ4v) is 1.99. The first kappa shape index (κ1) is 15.8. The third kappa shape index (κ3) is 5.49. The van der Waals surface area contributed by atoms with Crippen molar-refractivity contribution in [2.24, 2.45) is 0 Å². The summed E-state index contributed by atoms with van der Waals surface area (Å²) in [6.07, 6.45) is 0.233. The minimum atomic E-state index is -0.335. The number of carbonyl (C=O) groups excluding carboxylic acids is 2. The summed E-state index contributed by atoms with van der Waals surface area (Å²) in [6.45, 7) is 2.30. The molecule has 0 unspecified atom stereocenters. The Morgan fingerprint density at radius 3 is 2.47 bits per heavy atom. The van der Waals surface area contributed by atoms with Crippen LogP contribution < -0.4 is 5.32 Å². The molecule has 0 radical (unpaired) electrons. The van der Waals surface area contributed by atoms with E-state index in [0.717, 1.165) is 0 Å². The molecule has 0 aliphatic carbocycles. The normalized spacial score (nSPS) is 10.1. The summed E-state index contributed by atoms with van der Waals surface area (Å²) in [7, 11) is 0. The Morgan fingerprint density at radius 1 is 1.26 bits per heavy atom.